The van der Waals surface area contributed by atoms with Crippen LogP contribution in [0.15, 0.2) is 0 Å². The Bertz CT molecular complexity index is 202. The molecule has 12 heavy (non-hydrogen) atoms. The molecule has 1 aliphatic carbocycles. The van der Waals surface area contributed by atoms with Gasteiger partial charge in [0, 0.05) is 24.4 Å². The van der Waals surface area contributed by atoms with E-state index in [1.165, 1.54) is 0 Å². The van der Waals surface area contributed by atoms with Gasteiger partial charge in [-0.25, -0.2) is 4.79 Å². The van der Waals surface area contributed by atoms with E-state index in [4.69, 9.17) is 16.3 Å². The van der Waals surface area contributed by atoms with Crippen LogP contribution >= 0.6 is 11.6 Å². The molecule has 0 unspecified atom stereocenters. The van der Waals surface area contributed by atoms with Gasteiger partial charge in [0.2, 0.25) is 0 Å². The van der Waals surface area contributed by atoms with Crippen LogP contribution in [0.3, 0.4) is 0 Å². The number of carbonyl (C=O) groups excluding carboxylic acids is 2. The van der Waals surface area contributed by atoms with Crippen LogP contribution in [0.2, 0.25) is 0 Å². The summed E-state index contributed by atoms with van der Waals surface area (Å²) in [5.74, 6) is 0.234. The molecular weight excluding hydrogens is 180 g/mol. The van der Waals surface area contributed by atoms with Crippen molar-refractivity contribution in [2.45, 2.75) is 38.2 Å². The highest BCUT2D eigenvalue weighted by Crippen LogP contribution is 2.29. The van der Waals surface area contributed by atoms with Crippen LogP contribution in [0.1, 0.15) is 32.6 Å². The lowest BCUT2D eigenvalue weighted by Crippen LogP contribution is -2.34. The maximum absolute atomic E-state index is 10.9. The number of ether oxygens (including phenoxy) is 1. The van der Waals surface area contributed by atoms with Gasteiger partial charge in [0.15, 0.2) is 0 Å². The first kappa shape index (κ1) is 9.52. The molecule has 0 radical (unpaired) electrons. The first-order chi connectivity index (χ1) is 5.52. The Labute approximate surface area is 76.0 Å². The van der Waals surface area contributed by atoms with E-state index in [2.05, 4.69) is 0 Å². The molecule has 0 bridgehead atoms. The first-order valence-electron chi connectivity index (χ1n) is 3.92. The Morgan fingerprint density at radius 1 is 1.50 bits per heavy atom. The predicted octanol–water partition coefficient (Wildman–Crippen LogP) is 2.26. The van der Waals surface area contributed by atoms with Crippen molar-refractivity contribution < 1.29 is 14.3 Å². The summed E-state index contributed by atoms with van der Waals surface area (Å²) in [6.45, 7) is 1.81. The number of Topliss-reactive ketones (excluding diaryl/α,β-unsaturated/α-hetero) is 1. The van der Waals surface area contributed by atoms with Gasteiger partial charge in [-0.2, -0.15) is 0 Å². The summed E-state index contributed by atoms with van der Waals surface area (Å²) in [6.07, 6.45) is 2.15. The molecule has 0 aromatic rings. The highest BCUT2D eigenvalue weighted by atomic mass is 35.5. The zero-order chi connectivity index (χ0) is 9.19. The van der Waals surface area contributed by atoms with Crippen LogP contribution in [0, 0.1) is 0 Å². The van der Waals surface area contributed by atoms with E-state index < -0.39 is 11.0 Å². The van der Waals surface area contributed by atoms with Crippen molar-refractivity contribution in [1.82, 2.24) is 0 Å². The SMILES string of the molecule is CC1(OC(=O)Cl)CCC(=O)CC1. The van der Waals surface area contributed by atoms with Crippen LogP contribution in [0.4, 0.5) is 4.79 Å². The van der Waals surface area contributed by atoms with Gasteiger partial charge in [-0.05, 0) is 19.8 Å². The van der Waals surface area contributed by atoms with Crippen molar-refractivity contribution in [3.05, 3.63) is 0 Å². The Kier molecular flexibility index (Phi) is 2.73. The van der Waals surface area contributed by atoms with Gasteiger partial charge in [0.25, 0.3) is 0 Å². The van der Waals surface area contributed by atoms with Gasteiger partial charge in [-0.1, -0.05) is 0 Å². The summed E-state index contributed by atoms with van der Waals surface area (Å²) in [4.78, 5) is 21.3. The molecule has 4 heteroatoms. The van der Waals surface area contributed by atoms with Crippen LogP contribution in [0.5, 0.6) is 0 Å². The Morgan fingerprint density at radius 2 is 2.00 bits per heavy atom. The van der Waals surface area contributed by atoms with E-state index in [1.807, 2.05) is 0 Å². The molecule has 0 aliphatic heterocycles. The molecule has 0 N–H and O–H groups in total. The van der Waals surface area contributed by atoms with E-state index in [0.717, 1.165) is 0 Å². The standard InChI is InChI=1S/C8H11ClO3/c1-8(12-7(9)11)4-2-6(10)3-5-8/h2-5H2,1H3. The molecule has 0 aromatic heterocycles. The van der Waals surface area contributed by atoms with E-state index in [1.54, 1.807) is 6.92 Å². The summed E-state index contributed by atoms with van der Waals surface area (Å²) in [6, 6.07) is 0. The van der Waals surface area contributed by atoms with Crippen LogP contribution in [-0.2, 0) is 9.53 Å². The number of hydrogen-bond acceptors (Lipinski definition) is 3. The topological polar surface area (TPSA) is 43.4 Å². The number of ketones is 1. The number of hydrogen-bond donors (Lipinski definition) is 0. The second-order valence-electron chi connectivity index (χ2n) is 3.33. The number of halogens is 1. The molecule has 1 rings (SSSR count). The van der Waals surface area contributed by atoms with Crippen molar-refractivity contribution >= 4 is 22.8 Å². The monoisotopic (exact) mass is 190 g/mol. The largest absolute Gasteiger partial charge is 0.447 e. The molecule has 0 saturated heterocycles. The zero-order valence-corrected chi connectivity index (χ0v) is 7.69. The predicted molar refractivity (Wildman–Crippen MR) is 44.2 cm³/mol. The second-order valence-corrected chi connectivity index (χ2v) is 3.64. The van der Waals surface area contributed by atoms with Gasteiger partial charge in [0.05, 0.1) is 0 Å². The molecular formula is C8H11ClO3. The van der Waals surface area contributed by atoms with Crippen molar-refractivity contribution in [1.29, 1.82) is 0 Å². The number of carbonyl (C=O) groups is 2. The van der Waals surface area contributed by atoms with E-state index in [9.17, 15) is 9.59 Å². The van der Waals surface area contributed by atoms with Gasteiger partial charge in [0.1, 0.15) is 11.4 Å². The third kappa shape index (κ3) is 2.48. The summed E-state index contributed by atoms with van der Waals surface area (Å²) >= 11 is 5.09. The van der Waals surface area contributed by atoms with Crippen molar-refractivity contribution in [3.63, 3.8) is 0 Å². The lowest BCUT2D eigenvalue weighted by Gasteiger charge is -2.31. The van der Waals surface area contributed by atoms with Crippen LogP contribution in [-0.4, -0.2) is 16.8 Å². The van der Waals surface area contributed by atoms with Gasteiger partial charge < -0.3 is 4.74 Å². The van der Waals surface area contributed by atoms with Crippen LogP contribution < -0.4 is 0 Å². The maximum Gasteiger partial charge on any atom is 0.404 e. The minimum absolute atomic E-state index is 0.234. The lowest BCUT2D eigenvalue weighted by molar-refractivity contribution is -0.124. The van der Waals surface area contributed by atoms with Crippen molar-refractivity contribution in [2.75, 3.05) is 0 Å². The maximum atomic E-state index is 10.9. The molecule has 0 atom stereocenters. The molecule has 0 heterocycles. The lowest BCUT2D eigenvalue weighted by atomic mass is 9.86. The molecule has 1 fully saturated rings. The second kappa shape index (κ2) is 3.44. The average Bonchev–Trinajstić information content (AvgIpc) is 1.94. The van der Waals surface area contributed by atoms with E-state index in [-0.39, 0.29) is 5.78 Å². The third-order valence-corrected chi connectivity index (χ3v) is 2.27. The van der Waals surface area contributed by atoms with Crippen molar-refractivity contribution in [3.8, 4) is 0 Å². The zero-order valence-electron chi connectivity index (χ0n) is 6.93. The first-order valence-corrected chi connectivity index (χ1v) is 4.30. The highest BCUT2D eigenvalue weighted by molar-refractivity contribution is 6.61. The quantitative estimate of drug-likeness (QED) is 0.596. The molecule has 1 saturated carbocycles. The smallest absolute Gasteiger partial charge is 0.404 e. The fourth-order valence-electron chi connectivity index (χ4n) is 1.35. The van der Waals surface area contributed by atoms with Gasteiger partial charge in [-0.15, -0.1) is 0 Å². The Hall–Kier alpha value is -0.570. The molecule has 1 aliphatic rings. The summed E-state index contributed by atoms with van der Waals surface area (Å²) < 4.78 is 4.90. The molecule has 68 valence electrons. The normalized spacial score (nSPS) is 22.0. The summed E-state index contributed by atoms with van der Waals surface area (Å²) in [5.41, 5.74) is -1.31. The fourth-order valence-corrected chi connectivity index (χ4v) is 1.54. The minimum atomic E-state index is -0.785. The summed E-state index contributed by atoms with van der Waals surface area (Å²) in [7, 11) is 0. The van der Waals surface area contributed by atoms with Crippen molar-refractivity contribution in [2.24, 2.45) is 0 Å². The number of rotatable bonds is 1. The Morgan fingerprint density at radius 3 is 2.42 bits per heavy atom. The molecule has 0 amide bonds. The summed E-state index contributed by atoms with van der Waals surface area (Å²) in [5, 5.41) is 0. The fraction of sp³-hybridized carbons (Fsp3) is 0.750. The highest BCUT2D eigenvalue weighted by Gasteiger charge is 2.33. The molecule has 0 spiro atoms. The molecule has 0 aromatic carbocycles. The van der Waals surface area contributed by atoms with Gasteiger partial charge >= 0.3 is 5.43 Å². The van der Waals surface area contributed by atoms with Crippen LogP contribution in [0.25, 0.3) is 0 Å². The van der Waals surface area contributed by atoms with E-state index in [0.29, 0.717) is 25.7 Å². The average molecular weight is 191 g/mol. The van der Waals surface area contributed by atoms with Gasteiger partial charge in [-0.3, -0.25) is 4.79 Å². The minimum Gasteiger partial charge on any atom is -0.447 e. The van der Waals surface area contributed by atoms with E-state index >= 15 is 0 Å². The molecule has 3 nitrogen and oxygen atoms in total. The third-order valence-electron chi connectivity index (χ3n) is 2.19. The Balaban J connectivity index is 2.49.